The molecule has 0 aliphatic heterocycles. The first-order chi connectivity index (χ1) is 8.58. The van der Waals surface area contributed by atoms with Crippen molar-refractivity contribution in [2.75, 3.05) is 0 Å². The second kappa shape index (κ2) is 4.70. The number of non-ortho nitro benzene ring substituents is 1. The lowest BCUT2D eigenvalue weighted by molar-refractivity contribution is -0.384. The van der Waals surface area contributed by atoms with Gasteiger partial charge in [-0.15, -0.1) is 0 Å². The van der Waals surface area contributed by atoms with E-state index in [2.05, 4.69) is 0 Å². The number of carbonyl (C=O) groups is 1. The maximum atomic E-state index is 10.9. The maximum Gasteiger partial charge on any atom is 0.352 e. The molecular weight excluding hydrogens is 236 g/mol. The average molecular weight is 246 g/mol. The first-order valence-electron chi connectivity index (χ1n) is 5.19. The van der Waals surface area contributed by atoms with E-state index < -0.39 is 10.9 Å². The lowest BCUT2D eigenvalue weighted by Gasteiger charge is -2.06. The lowest BCUT2D eigenvalue weighted by Crippen LogP contribution is -2.08. The van der Waals surface area contributed by atoms with E-state index in [-0.39, 0.29) is 17.9 Å². The molecule has 0 aliphatic carbocycles. The van der Waals surface area contributed by atoms with E-state index in [4.69, 9.17) is 5.11 Å². The van der Waals surface area contributed by atoms with Gasteiger partial charge in [-0.3, -0.25) is 10.1 Å². The van der Waals surface area contributed by atoms with Crippen LogP contribution in [0.3, 0.4) is 0 Å². The Bertz CT molecular complexity index is 604. The topological polar surface area (TPSA) is 85.4 Å². The van der Waals surface area contributed by atoms with Crippen molar-refractivity contribution in [3.63, 3.8) is 0 Å². The molecule has 0 unspecified atom stereocenters. The number of aromatic carboxylic acids is 1. The third-order valence-electron chi connectivity index (χ3n) is 2.52. The molecule has 0 atom stereocenters. The van der Waals surface area contributed by atoms with E-state index in [9.17, 15) is 14.9 Å². The summed E-state index contributed by atoms with van der Waals surface area (Å²) in [6.45, 7) is 0.288. The van der Waals surface area contributed by atoms with Crippen molar-refractivity contribution in [1.82, 2.24) is 4.57 Å². The van der Waals surface area contributed by atoms with Crippen LogP contribution in [0.2, 0.25) is 0 Å². The molecule has 0 spiro atoms. The van der Waals surface area contributed by atoms with Crippen LogP contribution in [-0.4, -0.2) is 20.6 Å². The minimum atomic E-state index is -1.02. The van der Waals surface area contributed by atoms with E-state index >= 15 is 0 Å². The van der Waals surface area contributed by atoms with Crippen LogP contribution in [0.4, 0.5) is 5.69 Å². The molecule has 0 fully saturated rings. The van der Waals surface area contributed by atoms with Crippen LogP contribution in [0.5, 0.6) is 0 Å². The first-order valence-corrected chi connectivity index (χ1v) is 5.19. The van der Waals surface area contributed by atoms with Crippen molar-refractivity contribution in [2.45, 2.75) is 6.54 Å². The van der Waals surface area contributed by atoms with Crippen LogP contribution in [-0.2, 0) is 6.54 Å². The second-order valence-corrected chi connectivity index (χ2v) is 3.75. The molecule has 6 nitrogen and oxygen atoms in total. The van der Waals surface area contributed by atoms with Gasteiger partial charge in [-0.2, -0.15) is 0 Å². The number of benzene rings is 1. The van der Waals surface area contributed by atoms with Crippen LogP contribution in [0.15, 0.2) is 42.6 Å². The molecule has 6 heteroatoms. The van der Waals surface area contributed by atoms with Gasteiger partial charge >= 0.3 is 5.97 Å². The number of hydrogen-bond acceptors (Lipinski definition) is 3. The van der Waals surface area contributed by atoms with Gasteiger partial charge in [0.1, 0.15) is 5.69 Å². The molecular formula is C12H10N2O4. The summed E-state index contributed by atoms with van der Waals surface area (Å²) < 4.78 is 1.53. The number of nitro groups is 1. The van der Waals surface area contributed by atoms with Crippen LogP contribution in [0, 0.1) is 10.1 Å². The van der Waals surface area contributed by atoms with E-state index in [1.54, 1.807) is 24.4 Å². The molecule has 0 amide bonds. The molecule has 0 saturated carbocycles. The lowest BCUT2D eigenvalue weighted by atomic mass is 10.2. The van der Waals surface area contributed by atoms with E-state index in [0.29, 0.717) is 5.56 Å². The quantitative estimate of drug-likeness (QED) is 0.661. The minimum Gasteiger partial charge on any atom is -0.477 e. The van der Waals surface area contributed by atoms with Gasteiger partial charge in [-0.25, -0.2) is 4.79 Å². The monoisotopic (exact) mass is 246 g/mol. The highest BCUT2D eigenvalue weighted by atomic mass is 16.6. The molecule has 92 valence electrons. The molecule has 0 saturated heterocycles. The Morgan fingerprint density at radius 2 is 2.11 bits per heavy atom. The molecule has 1 aromatic carbocycles. The Morgan fingerprint density at radius 1 is 1.33 bits per heavy atom. The van der Waals surface area contributed by atoms with Gasteiger partial charge in [0.25, 0.3) is 5.69 Å². The van der Waals surface area contributed by atoms with Gasteiger partial charge in [0.05, 0.1) is 4.92 Å². The van der Waals surface area contributed by atoms with Gasteiger partial charge in [-0.1, -0.05) is 12.1 Å². The fourth-order valence-electron chi connectivity index (χ4n) is 1.71. The predicted molar refractivity (Wildman–Crippen MR) is 63.6 cm³/mol. The Hall–Kier alpha value is -2.63. The average Bonchev–Trinajstić information content (AvgIpc) is 2.77. The van der Waals surface area contributed by atoms with E-state index in [1.807, 2.05) is 0 Å². The fraction of sp³-hybridized carbons (Fsp3) is 0.0833. The van der Waals surface area contributed by atoms with Crippen LogP contribution >= 0.6 is 0 Å². The zero-order chi connectivity index (χ0) is 13.1. The summed E-state index contributed by atoms with van der Waals surface area (Å²) in [6, 6.07) is 9.25. The van der Waals surface area contributed by atoms with Crippen molar-refractivity contribution in [3.8, 4) is 0 Å². The molecule has 0 aliphatic rings. The predicted octanol–water partition coefficient (Wildman–Crippen LogP) is 2.14. The maximum absolute atomic E-state index is 10.9. The molecule has 0 radical (unpaired) electrons. The summed E-state index contributed by atoms with van der Waals surface area (Å²) in [4.78, 5) is 21.1. The van der Waals surface area contributed by atoms with Crippen LogP contribution in [0.25, 0.3) is 0 Å². The Balaban J connectivity index is 2.28. The number of nitrogens with zero attached hydrogens (tertiary/aromatic N) is 2. The Morgan fingerprint density at radius 3 is 2.78 bits per heavy atom. The van der Waals surface area contributed by atoms with Gasteiger partial charge < -0.3 is 9.67 Å². The largest absolute Gasteiger partial charge is 0.477 e. The van der Waals surface area contributed by atoms with Gasteiger partial charge in [0, 0.05) is 24.9 Å². The van der Waals surface area contributed by atoms with Gasteiger partial charge in [-0.05, 0) is 17.7 Å². The van der Waals surface area contributed by atoms with Gasteiger partial charge in [0.2, 0.25) is 0 Å². The van der Waals surface area contributed by atoms with E-state index in [1.165, 1.54) is 22.8 Å². The number of nitro benzene ring substituents is 1. The normalized spacial score (nSPS) is 10.2. The molecule has 18 heavy (non-hydrogen) atoms. The number of hydrogen-bond donors (Lipinski definition) is 1. The molecule has 2 aromatic rings. The molecule has 0 bridgehead atoms. The van der Waals surface area contributed by atoms with Crippen LogP contribution in [0.1, 0.15) is 16.1 Å². The number of carboxylic acid groups (broad SMARTS) is 1. The minimum absolute atomic E-state index is 0.00321. The summed E-state index contributed by atoms with van der Waals surface area (Å²) in [7, 11) is 0. The molecule has 1 heterocycles. The molecule has 2 rings (SSSR count). The second-order valence-electron chi connectivity index (χ2n) is 3.75. The summed E-state index contributed by atoms with van der Waals surface area (Å²) in [5, 5.41) is 19.6. The smallest absolute Gasteiger partial charge is 0.352 e. The fourth-order valence-corrected chi connectivity index (χ4v) is 1.71. The van der Waals surface area contributed by atoms with Crippen LogP contribution < -0.4 is 0 Å². The SMILES string of the molecule is O=C(O)c1cccn1Cc1cccc([N+](=O)[O-])c1. The highest BCUT2D eigenvalue weighted by Gasteiger charge is 2.10. The van der Waals surface area contributed by atoms with Crippen molar-refractivity contribution in [2.24, 2.45) is 0 Å². The summed E-state index contributed by atoms with van der Waals surface area (Å²) in [5.74, 6) is -1.02. The van der Waals surface area contributed by atoms with Crippen molar-refractivity contribution in [1.29, 1.82) is 0 Å². The zero-order valence-electron chi connectivity index (χ0n) is 9.31. The summed E-state index contributed by atoms with van der Waals surface area (Å²) in [6.07, 6.45) is 1.63. The van der Waals surface area contributed by atoms with Gasteiger partial charge in [0.15, 0.2) is 0 Å². The van der Waals surface area contributed by atoms with Crippen molar-refractivity contribution >= 4 is 11.7 Å². The Kier molecular flexibility index (Phi) is 3.09. The third kappa shape index (κ3) is 2.37. The summed E-state index contributed by atoms with van der Waals surface area (Å²) in [5.41, 5.74) is 0.834. The Labute approximate surface area is 102 Å². The number of carboxylic acids is 1. The zero-order valence-corrected chi connectivity index (χ0v) is 9.31. The molecule has 1 N–H and O–H groups in total. The highest BCUT2D eigenvalue weighted by Crippen LogP contribution is 2.15. The number of rotatable bonds is 4. The standard InChI is InChI=1S/C12H10N2O4/c15-12(16)11-5-2-6-13(11)8-9-3-1-4-10(7-9)14(17)18/h1-7H,8H2,(H,15,16). The highest BCUT2D eigenvalue weighted by molar-refractivity contribution is 5.85. The van der Waals surface area contributed by atoms with Crippen molar-refractivity contribution < 1.29 is 14.8 Å². The van der Waals surface area contributed by atoms with Crippen molar-refractivity contribution in [3.05, 3.63) is 64.0 Å². The first kappa shape index (κ1) is 11.8. The third-order valence-corrected chi connectivity index (χ3v) is 2.52. The number of aromatic nitrogens is 1. The molecule has 1 aromatic heterocycles. The summed E-state index contributed by atoms with van der Waals surface area (Å²) >= 11 is 0. The van der Waals surface area contributed by atoms with E-state index in [0.717, 1.165) is 0 Å².